The van der Waals surface area contributed by atoms with E-state index in [0.717, 1.165) is 23.8 Å². The van der Waals surface area contributed by atoms with Crippen LogP contribution in [0.15, 0.2) is 52.4 Å². The lowest BCUT2D eigenvalue weighted by atomic mass is 9.87. The second kappa shape index (κ2) is 7.96. The molecule has 5 nitrogen and oxygen atoms in total. The number of carbonyl (C=O) groups excluding carboxylic acids is 1. The summed E-state index contributed by atoms with van der Waals surface area (Å²) in [6.45, 7) is 0. The number of amides is 1. The van der Waals surface area contributed by atoms with Gasteiger partial charge in [-0.2, -0.15) is 0 Å². The molecule has 0 unspecified atom stereocenters. The molecule has 0 saturated heterocycles. The highest BCUT2D eigenvalue weighted by atomic mass is 35.5. The van der Waals surface area contributed by atoms with Crippen molar-refractivity contribution in [1.82, 2.24) is 9.97 Å². The van der Waals surface area contributed by atoms with E-state index >= 15 is 0 Å². The Morgan fingerprint density at radius 3 is 2.48 bits per heavy atom. The highest BCUT2D eigenvalue weighted by molar-refractivity contribution is 7.98. The lowest BCUT2D eigenvalue weighted by Crippen LogP contribution is -2.31. The minimum absolute atomic E-state index is 0.0993. The zero-order valence-electron chi connectivity index (χ0n) is 14.8. The van der Waals surface area contributed by atoms with Crippen LogP contribution in [0, 0.1) is 11.6 Å². The third-order valence-electron chi connectivity index (χ3n) is 4.51. The van der Waals surface area contributed by atoms with Crippen LogP contribution >= 0.6 is 23.4 Å². The zero-order valence-corrected chi connectivity index (χ0v) is 16.4. The molecule has 1 aromatic heterocycles. The molecule has 1 aliphatic rings. The zero-order chi connectivity index (χ0) is 20.5. The molecule has 2 N–H and O–H groups in total. The highest BCUT2D eigenvalue weighted by Crippen LogP contribution is 2.35. The fourth-order valence-electron chi connectivity index (χ4n) is 3.21. The molecule has 0 aliphatic carbocycles. The van der Waals surface area contributed by atoms with Gasteiger partial charge >= 0.3 is 0 Å². The predicted octanol–water partition coefficient (Wildman–Crippen LogP) is 4.47. The molecule has 2 heterocycles. The molecule has 1 amide bonds. The Kier molecular flexibility index (Phi) is 5.38. The number of nitrogens with one attached hydrogen (secondary N) is 2. The molecular formula is C20H14ClF2N3O2S. The minimum Gasteiger partial charge on any atom is -0.310 e. The maximum Gasteiger partial charge on any atom is 0.257 e. The van der Waals surface area contributed by atoms with Crippen LogP contribution in [-0.2, 0) is 10.5 Å². The van der Waals surface area contributed by atoms with Crippen molar-refractivity contribution in [3.8, 4) is 0 Å². The molecule has 9 heteroatoms. The van der Waals surface area contributed by atoms with Crippen molar-refractivity contribution in [2.75, 3.05) is 5.32 Å². The summed E-state index contributed by atoms with van der Waals surface area (Å²) in [7, 11) is 0. The molecule has 2 aromatic carbocycles. The van der Waals surface area contributed by atoms with Gasteiger partial charge in [0.05, 0.1) is 5.56 Å². The average Bonchev–Trinajstić information content (AvgIpc) is 2.66. The normalized spacial score (nSPS) is 15.7. The van der Waals surface area contributed by atoms with E-state index in [1.54, 1.807) is 12.1 Å². The molecule has 3 aromatic rings. The number of fused-ring (bicyclic) bond motifs is 1. The summed E-state index contributed by atoms with van der Waals surface area (Å²) in [4.78, 5) is 31.9. The maximum absolute atomic E-state index is 13.7. The lowest BCUT2D eigenvalue weighted by molar-refractivity contribution is -0.116. The highest BCUT2D eigenvalue weighted by Gasteiger charge is 2.31. The largest absolute Gasteiger partial charge is 0.310 e. The van der Waals surface area contributed by atoms with Crippen LogP contribution in [0.4, 0.5) is 14.6 Å². The van der Waals surface area contributed by atoms with Crippen molar-refractivity contribution in [2.24, 2.45) is 0 Å². The Morgan fingerprint density at radius 2 is 1.79 bits per heavy atom. The molecule has 0 bridgehead atoms. The molecule has 148 valence electrons. The number of halogens is 3. The Labute approximate surface area is 173 Å². The van der Waals surface area contributed by atoms with Gasteiger partial charge in [0, 0.05) is 29.2 Å². The number of anilines is 1. The second-order valence-corrected chi connectivity index (χ2v) is 7.96. The van der Waals surface area contributed by atoms with Gasteiger partial charge in [0.1, 0.15) is 17.5 Å². The molecule has 0 saturated carbocycles. The van der Waals surface area contributed by atoms with E-state index in [1.165, 1.54) is 11.8 Å². The summed E-state index contributed by atoms with van der Waals surface area (Å²) >= 11 is 7.16. The maximum atomic E-state index is 13.7. The number of aromatic amines is 1. The number of carbonyl (C=O) groups is 1. The summed E-state index contributed by atoms with van der Waals surface area (Å²) in [6, 6.07) is 10.3. The summed E-state index contributed by atoms with van der Waals surface area (Å²) in [5.41, 5.74) is 0.929. The molecule has 0 radical (unpaired) electrons. The van der Waals surface area contributed by atoms with Crippen LogP contribution in [0.5, 0.6) is 0 Å². The monoisotopic (exact) mass is 433 g/mol. The van der Waals surface area contributed by atoms with Crippen molar-refractivity contribution in [3.63, 3.8) is 0 Å². The van der Waals surface area contributed by atoms with Crippen molar-refractivity contribution in [3.05, 3.63) is 86.2 Å². The van der Waals surface area contributed by atoms with Gasteiger partial charge in [-0.3, -0.25) is 9.59 Å². The Balaban J connectivity index is 1.66. The minimum atomic E-state index is -0.782. The van der Waals surface area contributed by atoms with Crippen LogP contribution in [0.25, 0.3) is 0 Å². The van der Waals surface area contributed by atoms with Crippen molar-refractivity contribution < 1.29 is 13.6 Å². The molecule has 0 fully saturated rings. The standard InChI is InChI=1S/C20H14ClF2N3O2S/c21-12-3-1-10(2-4-12)9-29-20-25-18-17(19(28)26-20)15(8-16(27)24-18)11-5-13(22)7-14(23)6-11/h1-7,15H,8-9H2,(H2,24,25,26,27,28)/t15-/m1/s1. The number of thioether (sulfide) groups is 1. The summed E-state index contributed by atoms with van der Waals surface area (Å²) < 4.78 is 27.3. The van der Waals surface area contributed by atoms with Gasteiger partial charge in [-0.1, -0.05) is 35.5 Å². The third kappa shape index (κ3) is 4.33. The van der Waals surface area contributed by atoms with Gasteiger partial charge in [0.2, 0.25) is 5.91 Å². The first kappa shape index (κ1) is 19.6. The second-order valence-electron chi connectivity index (χ2n) is 6.56. The molecule has 1 aliphatic heterocycles. The summed E-state index contributed by atoms with van der Waals surface area (Å²) in [6.07, 6.45) is -0.0993. The van der Waals surface area contributed by atoms with E-state index in [1.807, 2.05) is 12.1 Å². The third-order valence-corrected chi connectivity index (χ3v) is 5.70. The van der Waals surface area contributed by atoms with Gasteiger partial charge in [0.15, 0.2) is 5.16 Å². The smallest absolute Gasteiger partial charge is 0.257 e. The number of H-pyrrole nitrogens is 1. The van der Waals surface area contributed by atoms with Crippen LogP contribution < -0.4 is 10.9 Å². The summed E-state index contributed by atoms with van der Waals surface area (Å²) in [5, 5.41) is 3.54. The Morgan fingerprint density at radius 1 is 1.10 bits per heavy atom. The number of rotatable bonds is 4. The van der Waals surface area contributed by atoms with Crippen LogP contribution in [-0.4, -0.2) is 15.9 Å². The first-order valence-electron chi connectivity index (χ1n) is 8.66. The van der Waals surface area contributed by atoms with Gasteiger partial charge < -0.3 is 10.3 Å². The van der Waals surface area contributed by atoms with E-state index in [0.29, 0.717) is 15.9 Å². The van der Waals surface area contributed by atoms with Gasteiger partial charge in [-0.15, -0.1) is 0 Å². The van der Waals surface area contributed by atoms with Crippen molar-refractivity contribution >= 4 is 35.1 Å². The van der Waals surface area contributed by atoms with Crippen LogP contribution in [0.2, 0.25) is 5.02 Å². The van der Waals surface area contributed by atoms with Gasteiger partial charge in [-0.25, -0.2) is 13.8 Å². The fraction of sp³-hybridized carbons (Fsp3) is 0.150. The average molecular weight is 434 g/mol. The number of hydrogen-bond donors (Lipinski definition) is 2. The molecule has 0 spiro atoms. The van der Waals surface area contributed by atoms with E-state index in [2.05, 4.69) is 15.3 Å². The van der Waals surface area contributed by atoms with Gasteiger partial charge in [-0.05, 0) is 35.4 Å². The number of hydrogen-bond acceptors (Lipinski definition) is 4. The first-order valence-corrected chi connectivity index (χ1v) is 10.0. The van der Waals surface area contributed by atoms with Crippen molar-refractivity contribution in [2.45, 2.75) is 23.2 Å². The molecule has 29 heavy (non-hydrogen) atoms. The van der Waals surface area contributed by atoms with Crippen molar-refractivity contribution in [1.29, 1.82) is 0 Å². The van der Waals surface area contributed by atoms with E-state index < -0.39 is 23.1 Å². The predicted molar refractivity (Wildman–Crippen MR) is 107 cm³/mol. The van der Waals surface area contributed by atoms with Crippen LogP contribution in [0.1, 0.15) is 29.0 Å². The molecule has 4 rings (SSSR count). The van der Waals surface area contributed by atoms with E-state index in [9.17, 15) is 18.4 Å². The van der Waals surface area contributed by atoms with E-state index in [-0.39, 0.29) is 29.3 Å². The fourth-order valence-corrected chi connectivity index (χ4v) is 4.15. The van der Waals surface area contributed by atoms with Crippen LogP contribution in [0.3, 0.4) is 0 Å². The lowest BCUT2D eigenvalue weighted by Gasteiger charge is -2.24. The SMILES string of the molecule is O=C1C[C@H](c2cc(F)cc(F)c2)c2c(nc(SCc3ccc(Cl)cc3)[nH]c2=O)N1. The van der Waals surface area contributed by atoms with Gasteiger partial charge in [0.25, 0.3) is 5.56 Å². The molecule has 1 atom stereocenters. The topological polar surface area (TPSA) is 74.8 Å². The van der Waals surface area contributed by atoms with E-state index in [4.69, 9.17) is 11.6 Å². The molecular weight excluding hydrogens is 420 g/mol. The first-order chi connectivity index (χ1) is 13.9. The summed E-state index contributed by atoms with van der Waals surface area (Å²) in [5.74, 6) is -2.06. The Hall–Kier alpha value is -2.71. The quantitative estimate of drug-likeness (QED) is 0.470. The Bertz CT molecular complexity index is 1130. The number of benzene rings is 2. The number of nitrogens with zero attached hydrogens (tertiary/aromatic N) is 1. The number of aromatic nitrogens is 2.